The average Bonchev–Trinajstić information content (AvgIpc) is 3.15. The predicted molar refractivity (Wildman–Crippen MR) is 116 cm³/mol. The molecule has 146 valence electrons. The zero-order valence-corrected chi connectivity index (χ0v) is 16.9. The summed E-state index contributed by atoms with van der Waals surface area (Å²) in [6.45, 7) is 4.46. The molecule has 0 atom stereocenters. The summed E-state index contributed by atoms with van der Waals surface area (Å²) >= 11 is 1.44. The van der Waals surface area contributed by atoms with Gasteiger partial charge in [0.1, 0.15) is 10.6 Å². The Bertz CT molecular complexity index is 1230. The molecule has 3 heterocycles. The number of piperazine rings is 1. The number of hydrogen-bond acceptors (Lipinski definition) is 4. The Morgan fingerprint density at radius 2 is 1.79 bits per heavy atom. The van der Waals surface area contributed by atoms with Gasteiger partial charge in [-0.25, -0.2) is 9.37 Å². The maximum atomic E-state index is 14.0. The summed E-state index contributed by atoms with van der Waals surface area (Å²) in [6, 6.07) is 17.0. The summed E-state index contributed by atoms with van der Waals surface area (Å²) in [6.07, 6.45) is 0. The first-order chi connectivity index (χ1) is 14.1. The van der Waals surface area contributed by atoms with Gasteiger partial charge in [0.2, 0.25) is 0 Å². The zero-order valence-electron chi connectivity index (χ0n) is 16.1. The molecule has 4 aromatic rings. The molecular weight excluding hydrogens is 385 g/mol. The van der Waals surface area contributed by atoms with Gasteiger partial charge in [-0.15, -0.1) is 11.3 Å². The molecular formula is C23H20FN3OS. The smallest absolute Gasteiger partial charge is 0.264 e. The first-order valence-electron chi connectivity index (χ1n) is 9.68. The highest BCUT2D eigenvalue weighted by molar-refractivity contribution is 7.20. The number of rotatable bonds is 2. The van der Waals surface area contributed by atoms with Crippen LogP contribution in [0.5, 0.6) is 0 Å². The number of benzene rings is 2. The molecule has 0 aliphatic carbocycles. The number of carbonyl (C=O) groups excluding carboxylic acids is 1. The number of hydrogen-bond donors (Lipinski definition) is 0. The van der Waals surface area contributed by atoms with Gasteiger partial charge in [0.05, 0.1) is 16.1 Å². The third kappa shape index (κ3) is 3.34. The lowest BCUT2D eigenvalue weighted by Crippen LogP contribution is -2.48. The molecule has 1 aliphatic rings. The van der Waals surface area contributed by atoms with Crippen molar-refractivity contribution in [2.45, 2.75) is 6.92 Å². The standard InChI is InChI=1S/C23H20FN3OS/c1-15-6-7-16-13-17-14-21(29-22(17)25-19(16)12-15)23(28)27-10-8-26(9-11-27)20-5-3-2-4-18(20)24/h2-7,12-14H,8-11H2,1H3. The van der Waals surface area contributed by atoms with Crippen LogP contribution in [-0.4, -0.2) is 42.0 Å². The number of carbonyl (C=O) groups is 1. The van der Waals surface area contributed by atoms with Gasteiger partial charge in [-0.2, -0.15) is 0 Å². The van der Waals surface area contributed by atoms with Gasteiger partial charge in [-0.05, 0) is 42.8 Å². The van der Waals surface area contributed by atoms with Crippen molar-refractivity contribution in [2.75, 3.05) is 31.1 Å². The van der Waals surface area contributed by atoms with E-state index in [2.05, 4.69) is 31.2 Å². The second-order valence-corrected chi connectivity index (χ2v) is 8.45. The molecule has 0 unspecified atom stereocenters. The number of para-hydroxylation sites is 1. The number of halogens is 1. The van der Waals surface area contributed by atoms with E-state index in [0.29, 0.717) is 36.7 Å². The van der Waals surface area contributed by atoms with Crippen LogP contribution in [0.25, 0.3) is 21.1 Å². The molecule has 5 rings (SSSR count). The van der Waals surface area contributed by atoms with Crippen LogP contribution < -0.4 is 4.90 Å². The number of aryl methyl sites for hydroxylation is 1. The Labute approximate surface area is 172 Å². The van der Waals surface area contributed by atoms with E-state index in [1.165, 1.54) is 23.0 Å². The van der Waals surface area contributed by atoms with E-state index in [0.717, 1.165) is 21.1 Å². The second-order valence-electron chi connectivity index (χ2n) is 7.42. The van der Waals surface area contributed by atoms with Crippen LogP contribution in [0.4, 0.5) is 10.1 Å². The van der Waals surface area contributed by atoms with Crippen LogP contribution in [0.3, 0.4) is 0 Å². The third-order valence-electron chi connectivity index (χ3n) is 5.43. The van der Waals surface area contributed by atoms with Crippen molar-refractivity contribution in [1.29, 1.82) is 0 Å². The van der Waals surface area contributed by atoms with Crippen LogP contribution in [0, 0.1) is 12.7 Å². The molecule has 0 saturated carbocycles. The average molecular weight is 405 g/mol. The van der Waals surface area contributed by atoms with Gasteiger partial charge < -0.3 is 9.80 Å². The molecule has 4 nitrogen and oxygen atoms in total. The number of aromatic nitrogens is 1. The molecule has 1 fully saturated rings. The molecule has 0 spiro atoms. The van der Waals surface area contributed by atoms with Gasteiger partial charge >= 0.3 is 0 Å². The minimum Gasteiger partial charge on any atom is -0.366 e. The van der Waals surface area contributed by atoms with E-state index in [-0.39, 0.29) is 11.7 Å². The number of amides is 1. The van der Waals surface area contributed by atoms with Crippen molar-refractivity contribution in [1.82, 2.24) is 9.88 Å². The van der Waals surface area contributed by atoms with E-state index in [4.69, 9.17) is 4.98 Å². The fraction of sp³-hybridized carbons (Fsp3) is 0.217. The predicted octanol–water partition coefficient (Wildman–Crippen LogP) is 4.86. The minimum absolute atomic E-state index is 0.0291. The molecule has 0 radical (unpaired) electrons. The highest BCUT2D eigenvalue weighted by atomic mass is 32.1. The minimum atomic E-state index is -0.217. The molecule has 6 heteroatoms. The molecule has 1 amide bonds. The Kier molecular flexibility index (Phi) is 4.43. The summed E-state index contributed by atoms with van der Waals surface area (Å²) in [5, 5.41) is 2.08. The molecule has 2 aromatic heterocycles. The van der Waals surface area contributed by atoms with Crippen LogP contribution >= 0.6 is 11.3 Å². The van der Waals surface area contributed by atoms with Gasteiger partial charge in [0.25, 0.3) is 5.91 Å². The lowest BCUT2D eigenvalue weighted by atomic mass is 10.1. The lowest BCUT2D eigenvalue weighted by molar-refractivity contribution is 0.0751. The van der Waals surface area contributed by atoms with Crippen LogP contribution in [-0.2, 0) is 0 Å². The van der Waals surface area contributed by atoms with Gasteiger partial charge in [0, 0.05) is 37.0 Å². The molecule has 1 saturated heterocycles. The number of thiophene rings is 1. The summed E-state index contributed by atoms with van der Waals surface area (Å²) < 4.78 is 14.0. The van der Waals surface area contributed by atoms with Crippen LogP contribution in [0.1, 0.15) is 15.2 Å². The normalized spacial score (nSPS) is 14.7. The third-order valence-corrected chi connectivity index (χ3v) is 6.46. The Balaban J connectivity index is 1.36. The van der Waals surface area contributed by atoms with Crippen LogP contribution in [0.2, 0.25) is 0 Å². The number of fused-ring (bicyclic) bond motifs is 2. The van der Waals surface area contributed by atoms with Crippen molar-refractivity contribution >= 4 is 44.1 Å². The topological polar surface area (TPSA) is 36.4 Å². The van der Waals surface area contributed by atoms with E-state index in [1.54, 1.807) is 12.1 Å². The van der Waals surface area contributed by atoms with E-state index >= 15 is 0 Å². The first-order valence-corrected chi connectivity index (χ1v) is 10.5. The van der Waals surface area contributed by atoms with Crippen molar-refractivity contribution in [3.05, 3.63) is 70.9 Å². The van der Waals surface area contributed by atoms with Gasteiger partial charge in [0.15, 0.2) is 0 Å². The quantitative estimate of drug-likeness (QED) is 0.478. The summed E-state index contributed by atoms with van der Waals surface area (Å²) in [5.41, 5.74) is 2.73. The zero-order chi connectivity index (χ0) is 20.0. The lowest BCUT2D eigenvalue weighted by Gasteiger charge is -2.36. The molecule has 29 heavy (non-hydrogen) atoms. The van der Waals surface area contributed by atoms with Crippen molar-refractivity contribution in [2.24, 2.45) is 0 Å². The van der Waals surface area contributed by atoms with Crippen molar-refractivity contribution in [3.63, 3.8) is 0 Å². The number of pyridine rings is 1. The molecule has 0 N–H and O–H groups in total. The second kappa shape index (κ2) is 7.12. The highest BCUT2D eigenvalue weighted by Gasteiger charge is 2.25. The Morgan fingerprint density at radius 3 is 2.59 bits per heavy atom. The SMILES string of the molecule is Cc1ccc2cc3cc(C(=O)N4CCN(c5ccccc5F)CC4)sc3nc2c1. The van der Waals surface area contributed by atoms with Crippen molar-refractivity contribution in [3.8, 4) is 0 Å². The maximum Gasteiger partial charge on any atom is 0.264 e. The van der Waals surface area contributed by atoms with E-state index in [1.807, 2.05) is 21.9 Å². The number of anilines is 1. The number of nitrogens with zero attached hydrogens (tertiary/aromatic N) is 3. The molecule has 1 aliphatic heterocycles. The maximum absolute atomic E-state index is 14.0. The fourth-order valence-electron chi connectivity index (χ4n) is 3.86. The Hall–Kier alpha value is -2.99. The first kappa shape index (κ1) is 18.1. The summed E-state index contributed by atoms with van der Waals surface area (Å²) in [7, 11) is 0. The Morgan fingerprint density at radius 1 is 1.00 bits per heavy atom. The highest BCUT2D eigenvalue weighted by Crippen LogP contribution is 2.29. The summed E-state index contributed by atoms with van der Waals surface area (Å²) in [4.78, 5) is 23.2. The van der Waals surface area contributed by atoms with Crippen LogP contribution in [0.15, 0.2) is 54.6 Å². The monoisotopic (exact) mass is 405 g/mol. The van der Waals surface area contributed by atoms with Gasteiger partial charge in [-0.1, -0.05) is 24.3 Å². The van der Waals surface area contributed by atoms with Gasteiger partial charge in [-0.3, -0.25) is 4.79 Å². The van der Waals surface area contributed by atoms with E-state index in [9.17, 15) is 9.18 Å². The largest absolute Gasteiger partial charge is 0.366 e. The van der Waals surface area contributed by atoms with E-state index < -0.39 is 0 Å². The molecule has 2 aromatic carbocycles. The fourth-order valence-corrected chi connectivity index (χ4v) is 4.85. The van der Waals surface area contributed by atoms with Crippen molar-refractivity contribution < 1.29 is 9.18 Å². The summed E-state index contributed by atoms with van der Waals surface area (Å²) in [5.74, 6) is -0.188. The molecule has 0 bridgehead atoms.